The Morgan fingerprint density at radius 2 is 2.15 bits per heavy atom. The lowest BCUT2D eigenvalue weighted by atomic mass is 9.83. The fourth-order valence-electron chi connectivity index (χ4n) is 2.12. The van der Waals surface area contributed by atoms with Crippen LogP contribution in [0, 0.1) is 5.41 Å². The summed E-state index contributed by atoms with van der Waals surface area (Å²) in [4.78, 5) is 2.44. The first-order valence-electron chi connectivity index (χ1n) is 5.24. The van der Waals surface area contributed by atoms with Gasteiger partial charge in [-0.1, -0.05) is 6.92 Å². The Morgan fingerprint density at radius 3 is 2.62 bits per heavy atom. The average Bonchev–Trinajstić information content (AvgIpc) is 1.98. The van der Waals surface area contributed by atoms with Crippen LogP contribution in [-0.2, 0) is 4.74 Å². The SMILES string of the molecule is CC1(CCCN2CC(N)C2)COC1. The van der Waals surface area contributed by atoms with E-state index in [0.717, 1.165) is 26.3 Å². The maximum Gasteiger partial charge on any atom is 0.0542 e. The Morgan fingerprint density at radius 1 is 1.46 bits per heavy atom. The highest BCUT2D eigenvalue weighted by atomic mass is 16.5. The highest BCUT2D eigenvalue weighted by molar-refractivity contribution is 4.84. The van der Waals surface area contributed by atoms with Crippen molar-refractivity contribution in [2.45, 2.75) is 25.8 Å². The van der Waals surface area contributed by atoms with Gasteiger partial charge in [0.05, 0.1) is 13.2 Å². The monoisotopic (exact) mass is 184 g/mol. The topological polar surface area (TPSA) is 38.5 Å². The Bertz CT molecular complexity index is 174. The first-order chi connectivity index (χ1) is 6.18. The minimum atomic E-state index is 0.447. The number of hydrogen-bond donors (Lipinski definition) is 1. The summed E-state index contributed by atoms with van der Waals surface area (Å²) in [7, 11) is 0. The molecule has 0 saturated carbocycles. The van der Waals surface area contributed by atoms with Crippen LogP contribution in [0.25, 0.3) is 0 Å². The zero-order chi connectivity index (χ0) is 9.31. The molecule has 0 atom stereocenters. The summed E-state index contributed by atoms with van der Waals surface area (Å²) in [5.41, 5.74) is 6.20. The number of rotatable bonds is 4. The maximum absolute atomic E-state index is 5.70. The second-order valence-corrected chi connectivity index (χ2v) is 4.93. The van der Waals surface area contributed by atoms with Crippen LogP contribution >= 0.6 is 0 Å². The van der Waals surface area contributed by atoms with E-state index in [9.17, 15) is 0 Å². The van der Waals surface area contributed by atoms with Gasteiger partial charge in [0, 0.05) is 24.5 Å². The largest absolute Gasteiger partial charge is 0.380 e. The normalized spacial score (nSPS) is 28.2. The van der Waals surface area contributed by atoms with Crippen LogP contribution in [0.5, 0.6) is 0 Å². The smallest absolute Gasteiger partial charge is 0.0542 e. The van der Waals surface area contributed by atoms with Crippen molar-refractivity contribution >= 4 is 0 Å². The molecule has 0 amide bonds. The summed E-state index contributed by atoms with van der Waals surface area (Å²) in [5, 5.41) is 0. The number of ether oxygens (including phenoxy) is 1. The predicted molar refractivity (Wildman–Crippen MR) is 52.6 cm³/mol. The summed E-state index contributed by atoms with van der Waals surface area (Å²) < 4.78 is 5.22. The van der Waals surface area contributed by atoms with Crippen LogP contribution in [0.2, 0.25) is 0 Å². The van der Waals surface area contributed by atoms with Crippen molar-refractivity contribution < 1.29 is 4.74 Å². The summed E-state index contributed by atoms with van der Waals surface area (Å²) >= 11 is 0. The van der Waals surface area contributed by atoms with E-state index in [0.29, 0.717) is 11.5 Å². The van der Waals surface area contributed by atoms with Crippen LogP contribution in [-0.4, -0.2) is 43.8 Å². The fourth-order valence-corrected chi connectivity index (χ4v) is 2.12. The van der Waals surface area contributed by atoms with Gasteiger partial charge >= 0.3 is 0 Å². The van der Waals surface area contributed by atoms with Gasteiger partial charge in [-0.05, 0) is 19.4 Å². The Labute approximate surface area is 80.2 Å². The molecule has 0 aromatic carbocycles. The second kappa shape index (κ2) is 3.56. The highest BCUT2D eigenvalue weighted by Crippen LogP contribution is 2.31. The molecule has 2 aliphatic heterocycles. The van der Waals surface area contributed by atoms with E-state index >= 15 is 0 Å². The van der Waals surface area contributed by atoms with E-state index in [-0.39, 0.29) is 0 Å². The molecule has 13 heavy (non-hydrogen) atoms. The molecule has 0 aliphatic carbocycles. The Kier molecular flexibility index (Phi) is 2.58. The van der Waals surface area contributed by atoms with Gasteiger partial charge in [-0.15, -0.1) is 0 Å². The molecule has 0 unspecified atom stereocenters. The molecule has 76 valence electrons. The third kappa shape index (κ3) is 2.22. The standard InChI is InChI=1S/C10H20N2O/c1-10(7-13-8-10)3-2-4-12-5-9(11)6-12/h9H,2-8,11H2,1H3. The van der Waals surface area contributed by atoms with Gasteiger partial charge in [0.2, 0.25) is 0 Å². The van der Waals surface area contributed by atoms with Crippen LogP contribution in [0.1, 0.15) is 19.8 Å². The fraction of sp³-hybridized carbons (Fsp3) is 1.00. The van der Waals surface area contributed by atoms with Crippen LogP contribution in [0.3, 0.4) is 0 Å². The molecule has 3 heteroatoms. The number of hydrogen-bond acceptors (Lipinski definition) is 3. The highest BCUT2D eigenvalue weighted by Gasteiger charge is 2.33. The molecular weight excluding hydrogens is 164 g/mol. The molecule has 2 saturated heterocycles. The van der Waals surface area contributed by atoms with Crippen molar-refractivity contribution in [3.05, 3.63) is 0 Å². The van der Waals surface area contributed by atoms with Crippen molar-refractivity contribution in [2.75, 3.05) is 32.8 Å². The zero-order valence-electron chi connectivity index (χ0n) is 8.46. The summed E-state index contributed by atoms with van der Waals surface area (Å²) in [6.45, 7) is 7.68. The summed E-state index contributed by atoms with van der Waals surface area (Å²) in [6.07, 6.45) is 2.60. The van der Waals surface area contributed by atoms with Gasteiger partial charge in [0.15, 0.2) is 0 Å². The second-order valence-electron chi connectivity index (χ2n) is 4.93. The molecule has 2 heterocycles. The van der Waals surface area contributed by atoms with Gasteiger partial charge in [-0.2, -0.15) is 0 Å². The quantitative estimate of drug-likeness (QED) is 0.689. The number of nitrogens with two attached hydrogens (primary N) is 1. The van der Waals surface area contributed by atoms with E-state index < -0.39 is 0 Å². The molecule has 2 aliphatic rings. The lowest BCUT2D eigenvalue weighted by Gasteiger charge is -2.40. The molecule has 3 nitrogen and oxygen atoms in total. The molecule has 0 aromatic rings. The van der Waals surface area contributed by atoms with Gasteiger partial charge in [-0.25, -0.2) is 0 Å². The Hall–Kier alpha value is -0.120. The molecule has 2 fully saturated rings. The van der Waals surface area contributed by atoms with Crippen molar-refractivity contribution in [3.8, 4) is 0 Å². The molecule has 0 spiro atoms. The van der Waals surface area contributed by atoms with Crippen LogP contribution in [0.15, 0.2) is 0 Å². The van der Waals surface area contributed by atoms with Crippen LogP contribution < -0.4 is 5.73 Å². The molecule has 0 bridgehead atoms. The average molecular weight is 184 g/mol. The van der Waals surface area contributed by atoms with E-state index in [1.807, 2.05) is 0 Å². The lowest BCUT2D eigenvalue weighted by Crippen LogP contribution is -2.55. The van der Waals surface area contributed by atoms with E-state index in [1.54, 1.807) is 0 Å². The van der Waals surface area contributed by atoms with E-state index in [4.69, 9.17) is 10.5 Å². The van der Waals surface area contributed by atoms with Crippen molar-refractivity contribution in [3.63, 3.8) is 0 Å². The van der Waals surface area contributed by atoms with Crippen molar-refractivity contribution in [1.29, 1.82) is 0 Å². The van der Waals surface area contributed by atoms with Gasteiger partial charge in [0.1, 0.15) is 0 Å². The lowest BCUT2D eigenvalue weighted by molar-refractivity contribution is -0.107. The predicted octanol–water partition coefficient (Wildman–Crippen LogP) is 0.446. The van der Waals surface area contributed by atoms with Crippen molar-refractivity contribution in [2.24, 2.45) is 11.1 Å². The molecular formula is C10H20N2O. The van der Waals surface area contributed by atoms with Gasteiger partial charge in [0.25, 0.3) is 0 Å². The summed E-state index contributed by atoms with van der Waals surface area (Å²) in [5.74, 6) is 0. The first kappa shape index (κ1) is 9.44. The molecule has 0 aromatic heterocycles. The minimum absolute atomic E-state index is 0.447. The Balaban J connectivity index is 1.54. The van der Waals surface area contributed by atoms with E-state index in [1.165, 1.54) is 19.4 Å². The number of nitrogens with zero attached hydrogens (tertiary/aromatic N) is 1. The van der Waals surface area contributed by atoms with Gasteiger partial charge < -0.3 is 15.4 Å². The van der Waals surface area contributed by atoms with Gasteiger partial charge in [-0.3, -0.25) is 0 Å². The van der Waals surface area contributed by atoms with Crippen LogP contribution in [0.4, 0.5) is 0 Å². The third-order valence-corrected chi connectivity index (χ3v) is 3.14. The molecule has 2 N–H and O–H groups in total. The maximum atomic E-state index is 5.70. The number of likely N-dealkylation sites (tertiary alicyclic amines) is 1. The third-order valence-electron chi connectivity index (χ3n) is 3.14. The van der Waals surface area contributed by atoms with E-state index in [2.05, 4.69) is 11.8 Å². The molecule has 0 radical (unpaired) electrons. The van der Waals surface area contributed by atoms with Crippen molar-refractivity contribution in [1.82, 2.24) is 4.90 Å². The minimum Gasteiger partial charge on any atom is -0.380 e. The summed E-state index contributed by atoms with van der Waals surface area (Å²) in [6, 6.07) is 0.447. The molecule has 2 rings (SSSR count). The first-order valence-corrected chi connectivity index (χ1v) is 5.24. The zero-order valence-corrected chi connectivity index (χ0v) is 8.46.